The molecule has 1 unspecified atom stereocenters. The highest BCUT2D eigenvalue weighted by Gasteiger charge is 2.10. The van der Waals surface area contributed by atoms with Crippen molar-refractivity contribution in [3.63, 3.8) is 0 Å². The summed E-state index contributed by atoms with van der Waals surface area (Å²) >= 11 is 0. The van der Waals surface area contributed by atoms with Crippen LogP contribution in [-0.2, 0) is 6.61 Å². The van der Waals surface area contributed by atoms with E-state index in [1.807, 2.05) is 49.4 Å². The minimum Gasteiger partial charge on any atom is -0.497 e. The number of methoxy groups -OCH3 is 1. The van der Waals surface area contributed by atoms with E-state index in [2.05, 4.69) is 0 Å². The van der Waals surface area contributed by atoms with Crippen molar-refractivity contribution in [2.45, 2.75) is 19.6 Å². The zero-order valence-electron chi connectivity index (χ0n) is 11.2. The van der Waals surface area contributed by atoms with Gasteiger partial charge in [0.25, 0.3) is 0 Å². The van der Waals surface area contributed by atoms with Crippen molar-refractivity contribution in [3.8, 4) is 11.5 Å². The van der Waals surface area contributed by atoms with Gasteiger partial charge in [-0.2, -0.15) is 0 Å². The van der Waals surface area contributed by atoms with Crippen LogP contribution in [0.4, 0.5) is 0 Å². The van der Waals surface area contributed by atoms with Gasteiger partial charge in [0, 0.05) is 5.56 Å². The van der Waals surface area contributed by atoms with Crippen LogP contribution in [-0.4, -0.2) is 12.2 Å². The van der Waals surface area contributed by atoms with Crippen molar-refractivity contribution in [3.05, 3.63) is 59.7 Å². The first kappa shape index (κ1) is 13.4. The lowest BCUT2D eigenvalue weighted by molar-refractivity contribution is 0.212. The summed E-state index contributed by atoms with van der Waals surface area (Å²) in [6, 6.07) is 15.4. The first-order valence-corrected chi connectivity index (χ1v) is 6.24. The number of benzene rings is 2. The Balaban J connectivity index is 2.19. The second kappa shape index (κ2) is 6.25. The number of hydrogen-bond donors (Lipinski definition) is 1. The molecule has 1 atom stereocenters. The van der Waals surface area contributed by atoms with Crippen molar-refractivity contribution in [1.82, 2.24) is 0 Å². The minimum atomic E-state index is -0.0754. The van der Waals surface area contributed by atoms with Gasteiger partial charge in [-0.15, -0.1) is 0 Å². The predicted molar refractivity (Wildman–Crippen MR) is 74.4 cm³/mol. The maximum absolute atomic E-state index is 9.39. The highest BCUT2D eigenvalue weighted by molar-refractivity contribution is 5.40. The van der Waals surface area contributed by atoms with Gasteiger partial charge in [0.2, 0.25) is 0 Å². The van der Waals surface area contributed by atoms with E-state index in [1.165, 1.54) is 0 Å². The molecule has 2 rings (SSSR count). The second-order valence-corrected chi connectivity index (χ2v) is 4.30. The molecule has 0 aliphatic rings. The van der Waals surface area contributed by atoms with Gasteiger partial charge < -0.3 is 14.6 Å². The topological polar surface area (TPSA) is 38.7 Å². The Hall–Kier alpha value is -2.00. The summed E-state index contributed by atoms with van der Waals surface area (Å²) in [5.74, 6) is 1.39. The van der Waals surface area contributed by atoms with Gasteiger partial charge in [-0.3, -0.25) is 0 Å². The predicted octanol–water partition coefficient (Wildman–Crippen LogP) is 3.33. The van der Waals surface area contributed by atoms with E-state index in [4.69, 9.17) is 9.47 Å². The van der Waals surface area contributed by atoms with Gasteiger partial charge in [0.15, 0.2) is 0 Å². The van der Waals surface area contributed by atoms with Crippen molar-refractivity contribution in [2.24, 2.45) is 0 Å². The first-order chi connectivity index (χ1) is 9.24. The van der Waals surface area contributed by atoms with Crippen LogP contribution >= 0.6 is 0 Å². The van der Waals surface area contributed by atoms with Gasteiger partial charge in [-0.05, 0) is 30.7 Å². The Morgan fingerprint density at radius 3 is 2.47 bits per heavy atom. The molecular weight excluding hydrogens is 240 g/mol. The molecule has 2 aromatic rings. The van der Waals surface area contributed by atoms with Gasteiger partial charge in [0.1, 0.15) is 17.6 Å². The third kappa shape index (κ3) is 3.26. The molecular formula is C16H18O3. The van der Waals surface area contributed by atoms with Gasteiger partial charge in [-0.25, -0.2) is 0 Å². The monoisotopic (exact) mass is 258 g/mol. The fraction of sp³-hybridized carbons (Fsp3) is 0.250. The SMILES string of the molecule is COc1ccc(OC(C)c2ccccc2)c(CO)c1. The lowest BCUT2D eigenvalue weighted by Crippen LogP contribution is -2.05. The normalized spacial score (nSPS) is 11.9. The second-order valence-electron chi connectivity index (χ2n) is 4.30. The molecule has 0 aliphatic heterocycles. The van der Waals surface area contributed by atoms with Crippen molar-refractivity contribution in [2.75, 3.05) is 7.11 Å². The zero-order chi connectivity index (χ0) is 13.7. The van der Waals surface area contributed by atoms with E-state index in [9.17, 15) is 5.11 Å². The summed E-state index contributed by atoms with van der Waals surface area (Å²) in [6.07, 6.45) is -0.0695. The summed E-state index contributed by atoms with van der Waals surface area (Å²) in [6.45, 7) is 1.91. The molecule has 3 heteroatoms. The van der Waals surface area contributed by atoms with Crippen LogP contribution in [0.5, 0.6) is 11.5 Å². The van der Waals surface area contributed by atoms with E-state index < -0.39 is 0 Å². The molecule has 0 spiro atoms. The number of aliphatic hydroxyl groups is 1. The molecule has 19 heavy (non-hydrogen) atoms. The maximum atomic E-state index is 9.39. The highest BCUT2D eigenvalue weighted by atomic mass is 16.5. The van der Waals surface area contributed by atoms with E-state index in [0.717, 1.165) is 11.1 Å². The zero-order valence-corrected chi connectivity index (χ0v) is 11.2. The fourth-order valence-electron chi connectivity index (χ4n) is 1.90. The summed E-state index contributed by atoms with van der Waals surface area (Å²) in [5, 5.41) is 9.39. The molecule has 0 fully saturated rings. The molecule has 0 aliphatic carbocycles. The molecule has 0 aromatic heterocycles. The van der Waals surface area contributed by atoms with E-state index in [-0.39, 0.29) is 12.7 Å². The van der Waals surface area contributed by atoms with Crippen LogP contribution in [0.25, 0.3) is 0 Å². The average Bonchev–Trinajstić information content (AvgIpc) is 2.48. The quantitative estimate of drug-likeness (QED) is 0.894. The molecule has 0 bridgehead atoms. The third-order valence-corrected chi connectivity index (χ3v) is 3.01. The lowest BCUT2D eigenvalue weighted by Gasteiger charge is -2.17. The molecule has 0 amide bonds. The van der Waals surface area contributed by atoms with Crippen LogP contribution in [0.1, 0.15) is 24.2 Å². The maximum Gasteiger partial charge on any atom is 0.126 e. The standard InChI is InChI=1S/C16H18O3/c1-12(13-6-4-3-5-7-13)19-16-9-8-15(18-2)10-14(16)11-17/h3-10,12,17H,11H2,1-2H3. The average molecular weight is 258 g/mol. The molecule has 0 saturated carbocycles. The summed E-state index contributed by atoms with van der Waals surface area (Å²) in [5.41, 5.74) is 1.82. The van der Waals surface area contributed by atoms with Gasteiger partial charge in [0.05, 0.1) is 13.7 Å². The van der Waals surface area contributed by atoms with Crippen molar-refractivity contribution in [1.29, 1.82) is 0 Å². The summed E-state index contributed by atoms with van der Waals surface area (Å²) < 4.78 is 11.0. The van der Waals surface area contributed by atoms with Crippen LogP contribution in [0.2, 0.25) is 0 Å². The number of aliphatic hydroxyl groups excluding tert-OH is 1. The van der Waals surface area contributed by atoms with Gasteiger partial charge >= 0.3 is 0 Å². The largest absolute Gasteiger partial charge is 0.497 e. The molecule has 3 nitrogen and oxygen atoms in total. The highest BCUT2D eigenvalue weighted by Crippen LogP contribution is 2.28. The van der Waals surface area contributed by atoms with Crippen molar-refractivity contribution < 1.29 is 14.6 Å². The van der Waals surface area contributed by atoms with E-state index in [0.29, 0.717) is 11.5 Å². The van der Waals surface area contributed by atoms with E-state index in [1.54, 1.807) is 13.2 Å². The fourth-order valence-corrected chi connectivity index (χ4v) is 1.90. The summed E-state index contributed by atoms with van der Waals surface area (Å²) in [7, 11) is 1.60. The van der Waals surface area contributed by atoms with Crippen molar-refractivity contribution >= 4 is 0 Å². The number of ether oxygens (including phenoxy) is 2. The smallest absolute Gasteiger partial charge is 0.126 e. The Morgan fingerprint density at radius 1 is 1.11 bits per heavy atom. The van der Waals surface area contributed by atoms with Gasteiger partial charge in [-0.1, -0.05) is 30.3 Å². The number of hydrogen-bond acceptors (Lipinski definition) is 3. The minimum absolute atomic E-state index is 0.0695. The molecule has 0 heterocycles. The molecule has 1 N–H and O–H groups in total. The van der Waals surface area contributed by atoms with Crippen LogP contribution in [0, 0.1) is 0 Å². The van der Waals surface area contributed by atoms with Crippen LogP contribution < -0.4 is 9.47 Å². The van der Waals surface area contributed by atoms with E-state index >= 15 is 0 Å². The van der Waals surface area contributed by atoms with Crippen LogP contribution in [0.3, 0.4) is 0 Å². The number of rotatable bonds is 5. The Bertz CT molecular complexity index is 523. The Kier molecular flexibility index (Phi) is 4.42. The molecule has 0 radical (unpaired) electrons. The molecule has 0 saturated heterocycles. The lowest BCUT2D eigenvalue weighted by atomic mass is 10.1. The third-order valence-electron chi connectivity index (χ3n) is 3.01. The Labute approximate surface area is 113 Å². The van der Waals surface area contributed by atoms with Crippen LogP contribution in [0.15, 0.2) is 48.5 Å². The first-order valence-electron chi connectivity index (χ1n) is 6.24. The molecule has 100 valence electrons. The Morgan fingerprint density at radius 2 is 1.84 bits per heavy atom. The summed E-state index contributed by atoms with van der Waals surface area (Å²) in [4.78, 5) is 0. The molecule has 2 aromatic carbocycles.